The Morgan fingerprint density at radius 3 is 2.52 bits per heavy atom. The molecule has 1 aromatic rings. The molecule has 1 heterocycles. The molecule has 1 aliphatic heterocycles. The van der Waals surface area contributed by atoms with Crippen molar-refractivity contribution in [1.82, 2.24) is 4.90 Å². The van der Waals surface area contributed by atoms with Crippen LogP contribution in [0.15, 0.2) is 18.7 Å². The monoisotopic (exact) mass is 462 g/mol. The van der Waals surface area contributed by atoms with Gasteiger partial charge in [0.25, 0.3) is 5.91 Å². The number of primary amides is 1. The predicted octanol–water partition coefficient (Wildman–Crippen LogP) is 2.30. The lowest BCUT2D eigenvalue weighted by Gasteiger charge is -2.26. The van der Waals surface area contributed by atoms with Crippen molar-refractivity contribution in [2.24, 2.45) is 5.73 Å². The molecular weight excluding hydrogens is 428 g/mol. The van der Waals surface area contributed by atoms with E-state index in [0.29, 0.717) is 36.7 Å². The second-order valence-corrected chi connectivity index (χ2v) is 8.64. The van der Waals surface area contributed by atoms with Crippen LogP contribution in [0, 0.1) is 0 Å². The molecule has 1 aliphatic rings. The maximum Gasteiger partial charge on any atom is 0.306 e. The van der Waals surface area contributed by atoms with E-state index >= 15 is 0 Å². The van der Waals surface area contributed by atoms with Crippen molar-refractivity contribution < 1.29 is 33.3 Å². The fourth-order valence-electron chi connectivity index (χ4n) is 3.53. The van der Waals surface area contributed by atoms with Gasteiger partial charge in [-0.3, -0.25) is 14.4 Å². The number of ether oxygens (including phenoxy) is 4. The number of hydrogen-bond donors (Lipinski definition) is 1. The smallest absolute Gasteiger partial charge is 0.306 e. The zero-order valence-electron chi connectivity index (χ0n) is 19.8. The molecular formula is C24H34N2O7. The van der Waals surface area contributed by atoms with Gasteiger partial charge in [0.2, 0.25) is 5.91 Å². The van der Waals surface area contributed by atoms with Gasteiger partial charge in [-0.15, -0.1) is 0 Å². The van der Waals surface area contributed by atoms with Gasteiger partial charge in [0.1, 0.15) is 24.0 Å². The summed E-state index contributed by atoms with van der Waals surface area (Å²) in [4.78, 5) is 38.8. The Labute approximate surface area is 194 Å². The van der Waals surface area contributed by atoms with Crippen LogP contribution < -0.4 is 10.5 Å². The van der Waals surface area contributed by atoms with Gasteiger partial charge in [0.05, 0.1) is 26.4 Å². The molecule has 33 heavy (non-hydrogen) atoms. The van der Waals surface area contributed by atoms with Crippen LogP contribution in [0.1, 0.15) is 55.1 Å². The molecule has 2 rings (SSSR count). The molecule has 182 valence electrons. The van der Waals surface area contributed by atoms with E-state index in [4.69, 9.17) is 24.7 Å². The molecule has 0 radical (unpaired) electrons. The number of amides is 2. The summed E-state index contributed by atoms with van der Waals surface area (Å²) < 4.78 is 21.6. The molecule has 1 atom stereocenters. The topological polar surface area (TPSA) is 117 Å². The number of benzene rings is 1. The lowest BCUT2D eigenvalue weighted by molar-refractivity contribution is -0.155. The van der Waals surface area contributed by atoms with Crippen molar-refractivity contribution in [3.8, 4) is 5.75 Å². The fraction of sp³-hybridized carbons (Fsp3) is 0.542. The quantitative estimate of drug-likeness (QED) is 0.353. The van der Waals surface area contributed by atoms with Crippen molar-refractivity contribution in [3.63, 3.8) is 0 Å². The third kappa shape index (κ3) is 7.30. The van der Waals surface area contributed by atoms with Gasteiger partial charge in [-0.2, -0.15) is 0 Å². The second-order valence-electron chi connectivity index (χ2n) is 8.64. The summed E-state index contributed by atoms with van der Waals surface area (Å²) in [5.74, 6) is -0.958. The average molecular weight is 463 g/mol. The maximum absolute atomic E-state index is 13.1. The Morgan fingerprint density at radius 2 is 1.91 bits per heavy atom. The average Bonchev–Trinajstić information content (AvgIpc) is 3.05. The van der Waals surface area contributed by atoms with E-state index in [9.17, 15) is 14.4 Å². The summed E-state index contributed by atoms with van der Waals surface area (Å²) in [5, 5.41) is 0. The highest BCUT2D eigenvalue weighted by Crippen LogP contribution is 2.36. The Bertz CT molecular complexity index is 876. The van der Waals surface area contributed by atoms with Crippen molar-refractivity contribution >= 4 is 23.9 Å². The van der Waals surface area contributed by atoms with Gasteiger partial charge in [-0.25, -0.2) is 0 Å². The zero-order valence-corrected chi connectivity index (χ0v) is 19.8. The van der Waals surface area contributed by atoms with Crippen LogP contribution in [0.4, 0.5) is 0 Å². The first kappa shape index (κ1) is 26.3. The molecule has 0 saturated carbocycles. The van der Waals surface area contributed by atoms with Gasteiger partial charge >= 0.3 is 5.97 Å². The minimum absolute atomic E-state index is 0.0366. The third-order valence-electron chi connectivity index (χ3n) is 4.98. The highest BCUT2D eigenvalue weighted by atomic mass is 16.6. The fourth-order valence-corrected chi connectivity index (χ4v) is 3.53. The summed E-state index contributed by atoms with van der Waals surface area (Å²) in [6.45, 7) is 10.8. The highest BCUT2D eigenvalue weighted by molar-refractivity contribution is 6.02. The molecule has 9 nitrogen and oxygen atoms in total. The van der Waals surface area contributed by atoms with Gasteiger partial charge in [0.15, 0.2) is 0 Å². The SMILES string of the molecule is C=Cc1ccc2c(c1OCCOCCOC)CN([C@@H](CCC(=O)OC(C)(C)C)C(N)=O)C2=O. The molecule has 0 aromatic heterocycles. The predicted molar refractivity (Wildman–Crippen MR) is 123 cm³/mol. The molecule has 0 bridgehead atoms. The number of hydrogen-bond acceptors (Lipinski definition) is 7. The Kier molecular flexibility index (Phi) is 9.43. The molecule has 2 N–H and O–H groups in total. The lowest BCUT2D eigenvalue weighted by atomic mass is 10.0. The van der Waals surface area contributed by atoms with Crippen molar-refractivity contribution in [3.05, 3.63) is 35.4 Å². The molecule has 0 fully saturated rings. The van der Waals surface area contributed by atoms with Gasteiger partial charge < -0.3 is 29.6 Å². The van der Waals surface area contributed by atoms with Crippen LogP contribution in [-0.4, -0.2) is 67.9 Å². The first-order valence-corrected chi connectivity index (χ1v) is 10.9. The van der Waals surface area contributed by atoms with Crippen LogP contribution in [0.2, 0.25) is 0 Å². The zero-order chi connectivity index (χ0) is 24.6. The van der Waals surface area contributed by atoms with E-state index < -0.39 is 23.5 Å². The summed E-state index contributed by atoms with van der Waals surface area (Å²) in [7, 11) is 1.60. The first-order chi connectivity index (χ1) is 15.6. The normalized spacial score (nSPS) is 14.1. The van der Waals surface area contributed by atoms with E-state index in [1.165, 1.54) is 4.90 Å². The maximum atomic E-state index is 13.1. The number of rotatable bonds is 13. The third-order valence-corrected chi connectivity index (χ3v) is 4.98. The standard InChI is InChI=1S/C24H34N2O7/c1-6-16-7-8-17-18(21(16)32-14-13-31-12-11-30-5)15-26(23(17)29)19(22(25)28)9-10-20(27)33-24(2,3)4/h6-8,19H,1,9-15H2,2-5H3,(H2,25,28)/t19-/m0/s1. The number of carbonyl (C=O) groups excluding carboxylic acids is 3. The molecule has 9 heteroatoms. The number of fused-ring (bicyclic) bond motifs is 1. The molecule has 0 unspecified atom stereocenters. The van der Waals surface area contributed by atoms with E-state index in [1.807, 2.05) is 0 Å². The van der Waals surface area contributed by atoms with Crippen molar-refractivity contribution in [2.45, 2.75) is 51.8 Å². The molecule has 0 saturated heterocycles. The van der Waals surface area contributed by atoms with Gasteiger partial charge in [-0.05, 0) is 33.3 Å². The lowest BCUT2D eigenvalue weighted by Crippen LogP contribution is -2.45. The van der Waals surface area contributed by atoms with Gasteiger partial charge in [-0.1, -0.05) is 18.7 Å². The molecule has 2 amide bonds. The Balaban J connectivity index is 2.14. The van der Waals surface area contributed by atoms with Crippen LogP contribution >= 0.6 is 0 Å². The van der Waals surface area contributed by atoms with Crippen LogP contribution in [0.3, 0.4) is 0 Å². The molecule has 0 spiro atoms. The van der Waals surface area contributed by atoms with E-state index in [2.05, 4.69) is 6.58 Å². The molecule has 1 aromatic carbocycles. The highest BCUT2D eigenvalue weighted by Gasteiger charge is 2.38. The minimum Gasteiger partial charge on any atom is -0.490 e. The van der Waals surface area contributed by atoms with Crippen LogP contribution in [-0.2, 0) is 30.3 Å². The first-order valence-electron chi connectivity index (χ1n) is 10.9. The number of carbonyl (C=O) groups is 3. The number of methoxy groups -OCH3 is 1. The summed E-state index contributed by atoms with van der Waals surface area (Å²) >= 11 is 0. The number of esters is 1. The molecule has 0 aliphatic carbocycles. The second kappa shape index (κ2) is 11.8. The number of nitrogens with two attached hydrogens (primary N) is 1. The van der Waals surface area contributed by atoms with E-state index in [0.717, 1.165) is 5.56 Å². The Hall–Kier alpha value is -2.91. The van der Waals surface area contributed by atoms with Gasteiger partial charge in [0, 0.05) is 30.2 Å². The largest absolute Gasteiger partial charge is 0.490 e. The van der Waals surface area contributed by atoms with E-state index in [1.54, 1.807) is 46.1 Å². The minimum atomic E-state index is -0.949. The van der Waals surface area contributed by atoms with E-state index in [-0.39, 0.29) is 31.9 Å². The summed E-state index contributed by atoms with van der Waals surface area (Å²) in [6, 6.07) is 2.48. The van der Waals surface area contributed by atoms with Crippen molar-refractivity contribution in [1.29, 1.82) is 0 Å². The van der Waals surface area contributed by atoms with Crippen LogP contribution in [0.5, 0.6) is 5.75 Å². The summed E-state index contributed by atoms with van der Waals surface area (Å²) in [6.07, 6.45) is 1.68. The number of nitrogens with zero attached hydrogens (tertiary/aromatic N) is 1. The van der Waals surface area contributed by atoms with Crippen molar-refractivity contribution in [2.75, 3.05) is 33.5 Å². The Morgan fingerprint density at radius 1 is 1.21 bits per heavy atom. The summed E-state index contributed by atoms with van der Waals surface area (Å²) in [5.41, 5.74) is 6.77. The van der Waals surface area contributed by atoms with Crippen LogP contribution in [0.25, 0.3) is 6.08 Å².